The summed E-state index contributed by atoms with van der Waals surface area (Å²) in [6, 6.07) is 11.3. The van der Waals surface area contributed by atoms with Gasteiger partial charge in [0.25, 0.3) is 0 Å². The second kappa shape index (κ2) is 11.1. The lowest BCUT2D eigenvalue weighted by Crippen LogP contribution is -2.58. The number of carbonyl (C=O) groups is 2. The van der Waals surface area contributed by atoms with Gasteiger partial charge in [0.1, 0.15) is 12.1 Å². The maximum atomic E-state index is 12.0. The first-order valence-corrected chi connectivity index (χ1v) is 12.7. The van der Waals surface area contributed by atoms with Crippen molar-refractivity contribution in [2.75, 3.05) is 35.2 Å². The summed E-state index contributed by atoms with van der Waals surface area (Å²) in [6.07, 6.45) is 2.91. The van der Waals surface area contributed by atoms with Gasteiger partial charge in [-0.15, -0.1) is 5.10 Å². The van der Waals surface area contributed by atoms with Crippen LogP contribution in [0, 0.1) is 5.41 Å². The lowest BCUT2D eigenvalue weighted by Gasteiger charge is -2.44. The number of rotatable bonds is 6. The van der Waals surface area contributed by atoms with E-state index in [2.05, 4.69) is 44.4 Å². The SMILES string of the molecule is CC(=O)N1[C@H](C)CN(c2cc(-n3cnc(Nc4ccc(NC(=O)OCC(C)(C)C)cc4)n3)ccn2)C[C@@H]1C. The molecule has 38 heavy (non-hydrogen) atoms. The van der Waals surface area contributed by atoms with Crippen molar-refractivity contribution < 1.29 is 14.3 Å². The standard InChI is InChI=1S/C27H36N8O3/c1-18-14-33(15-19(2)35(18)20(3)36)24-13-23(11-12-28-24)34-17-29-25(32-34)30-21-7-9-22(10-8-21)31-26(37)38-16-27(4,5)6/h7-13,17-19H,14-16H2,1-6H3,(H,30,32)(H,31,37)/t18-,19+. The first-order chi connectivity index (χ1) is 18.0. The molecule has 4 rings (SSSR count). The molecule has 0 spiro atoms. The predicted molar refractivity (Wildman–Crippen MR) is 147 cm³/mol. The third-order valence-electron chi connectivity index (χ3n) is 6.12. The summed E-state index contributed by atoms with van der Waals surface area (Å²) in [6.45, 7) is 13.5. The number of pyridine rings is 1. The quantitative estimate of drug-likeness (QED) is 0.490. The van der Waals surface area contributed by atoms with Gasteiger partial charge < -0.3 is 19.9 Å². The minimum atomic E-state index is -0.484. The number of piperazine rings is 1. The molecule has 1 aliphatic rings. The molecule has 3 heterocycles. The Morgan fingerprint density at radius 1 is 1.03 bits per heavy atom. The van der Waals surface area contributed by atoms with E-state index >= 15 is 0 Å². The molecule has 11 nitrogen and oxygen atoms in total. The van der Waals surface area contributed by atoms with Crippen molar-refractivity contribution in [1.29, 1.82) is 0 Å². The van der Waals surface area contributed by atoms with Crippen LogP contribution in [0.4, 0.5) is 27.9 Å². The molecule has 0 saturated carbocycles. The summed E-state index contributed by atoms with van der Waals surface area (Å²) < 4.78 is 6.93. The van der Waals surface area contributed by atoms with Crippen LogP contribution in [0.2, 0.25) is 0 Å². The molecule has 11 heteroatoms. The van der Waals surface area contributed by atoms with Crippen molar-refractivity contribution >= 4 is 35.1 Å². The third-order valence-corrected chi connectivity index (χ3v) is 6.12. The van der Waals surface area contributed by atoms with E-state index in [0.717, 1.165) is 17.2 Å². The first-order valence-electron chi connectivity index (χ1n) is 12.7. The molecule has 0 unspecified atom stereocenters. The van der Waals surface area contributed by atoms with E-state index in [1.54, 1.807) is 36.3 Å². The Balaban J connectivity index is 1.38. The molecule has 1 aromatic carbocycles. The number of aromatic nitrogens is 4. The molecule has 202 valence electrons. The highest BCUT2D eigenvalue weighted by molar-refractivity contribution is 5.85. The average Bonchev–Trinajstić information content (AvgIpc) is 3.31. The second-order valence-electron chi connectivity index (χ2n) is 10.9. The first kappa shape index (κ1) is 26.9. The Bertz CT molecular complexity index is 1260. The minimum absolute atomic E-state index is 0.0949. The van der Waals surface area contributed by atoms with E-state index in [1.165, 1.54) is 0 Å². The molecule has 2 N–H and O–H groups in total. The Kier molecular flexibility index (Phi) is 7.84. The van der Waals surface area contributed by atoms with Crippen molar-refractivity contribution in [3.63, 3.8) is 0 Å². The van der Waals surface area contributed by atoms with Crippen LogP contribution in [0.3, 0.4) is 0 Å². The van der Waals surface area contributed by atoms with Crippen LogP contribution < -0.4 is 15.5 Å². The Morgan fingerprint density at radius 2 is 1.68 bits per heavy atom. The van der Waals surface area contributed by atoms with Gasteiger partial charge in [-0.05, 0) is 49.6 Å². The van der Waals surface area contributed by atoms with Crippen molar-refractivity contribution in [3.05, 3.63) is 48.9 Å². The number of hydrogen-bond donors (Lipinski definition) is 2. The zero-order chi connectivity index (χ0) is 27.4. The summed E-state index contributed by atoms with van der Waals surface area (Å²) >= 11 is 0. The Hall–Kier alpha value is -4.15. The van der Waals surface area contributed by atoms with E-state index in [-0.39, 0.29) is 23.4 Å². The maximum Gasteiger partial charge on any atom is 0.411 e. The van der Waals surface area contributed by atoms with Crippen molar-refractivity contribution in [2.45, 2.75) is 53.6 Å². The molecule has 2 amide bonds. The lowest BCUT2D eigenvalue weighted by molar-refractivity contribution is -0.133. The van der Waals surface area contributed by atoms with E-state index in [0.29, 0.717) is 31.3 Å². The largest absolute Gasteiger partial charge is 0.449 e. The number of amides is 2. The number of anilines is 4. The number of hydrogen-bond acceptors (Lipinski definition) is 8. The van der Waals surface area contributed by atoms with E-state index in [4.69, 9.17) is 4.74 Å². The minimum Gasteiger partial charge on any atom is -0.449 e. The van der Waals surface area contributed by atoms with Gasteiger partial charge in [-0.2, -0.15) is 4.98 Å². The fourth-order valence-corrected chi connectivity index (χ4v) is 4.50. The molecular weight excluding hydrogens is 484 g/mol. The van der Waals surface area contributed by atoms with Gasteiger partial charge >= 0.3 is 6.09 Å². The van der Waals surface area contributed by atoms with E-state index in [1.807, 2.05) is 49.9 Å². The summed E-state index contributed by atoms with van der Waals surface area (Å²) in [4.78, 5) is 37.0. The van der Waals surface area contributed by atoms with Crippen molar-refractivity contribution in [1.82, 2.24) is 24.6 Å². The highest BCUT2D eigenvalue weighted by Crippen LogP contribution is 2.23. The summed E-state index contributed by atoms with van der Waals surface area (Å²) in [5.74, 6) is 1.36. The number of benzene rings is 1. The summed E-state index contributed by atoms with van der Waals surface area (Å²) in [5, 5.41) is 10.4. The van der Waals surface area contributed by atoms with Gasteiger partial charge in [0.05, 0.1) is 12.3 Å². The second-order valence-corrected chi connectivity index (χ2v) is 10.9. The summed E-state index contributed by atoms with van der Waals surface area (Å²) in [5.41, 5.74) is 2.14. The molecule has 1 aliphatic heterocycles. The predicted octanol–water partition coefficient (Wildman–Crippen LogP) is 4.45. The molecule has 3 aromatic rings. The van der Waals surface area contributed by atoms with Crippen molar-refractivity contribution in [3.8, 4) is 5.69 Å². The van der Waals surface area contributed by atoms with E-state index in [9.17, 15) is 9.59 Å². The molecular formula is C27H36N8O3. The van der Waals surface area contributed by atoms with Crippen LogP contribution in [0.15, 0.2) is 48.9 Å². The van der Waals surface area contributed by atoms with Gasteiger partial charge in [0.2, 0.25) is 11.9 Å². The smallest absolute Gasteiger partial charge is 0.411 e. The maximum absolute atomic E-state index is 12.0. The fraction of sp³-hybridized carbons (Fsp3) is 0.444. The fourth-order valence-electron chi connectivity index (χ4n) is 4.50. The zero-order valence-electron chi connectivity index (χ0n) is 22.8. The topological polar surface area (TPSA) is 118 Å². The van der Waals surface area contributed by atoms with Crippen LogP contribution in [-0.4, -0.2) is 68.4 Å². The Morgan fingerprint density at radius 3 is 2.32 bits per heavy atom. The van der Waals surface area contributed by atoms with Gasteiger partial charge in [-0.25, -0.2) is 14.5 Å². The highest BCUT2D eigenvalue weighted by atomic mass is 16.5. The molecule has 0 bridgehead atoms. The number of ether oxygens (including phenoxy) is 1. The molecule has 1 saturated heterocycles. The Labute approximate surface area is 223 Å². The van der Waals surface area contributed by atoms with E-state index < -0.39 is 6.09 Å². The average molecular weight is 521 g/mol. The number of nitrogens with one attached hydrogen (secondary N) is 2. The lowest BCUT2D eigenvalue weighted by atomic mass is 9.99. The molecule has 1 fully saturated rings. The molecule has 0 aliphatic carbocycles. The van der Waals surface area contributed by atoms with Crippen LogP contribution in [0.1, 0.15) is 41.5 Å². The number of nitrogens with zero attached hydrogens (tertiary/aromatic N) is 6. The summed E-state index contributed by atoms with van der Waals surface area (Å²) in [7, 11) is 0. The number of carbonyl (C=O) groups excluding carboxylic acids is 2. The van der Waals surface area contributed by atoms with Crippen molar-refractivity contribution in [2.24, 2.45) is 5.41 Å². The molecule has 2 aromatic heterocycles. The van der Waals surface area contributed by atoms with Gasteiger partial charge in [0.15, 0.2) is 0 Å². The zero-order valence-corrected chi connectivity index (χ0v) is 22.8. The third kappa shape index (κ3) is 6.78. The van der Waals surface area contributed by atoms with Gasteiger partial charge in [-0.3, -0.25) is 10.1 Å². The molecule has 2 atom stereocenters. The van der Waals surface area contributed by atoms with Gasteiger partial charge in [0, 0.05) is 55.7 Å². The van der Waals surface area contributed by atoms with Crippen LogP contribution in [0.25, 0.3) is 5.69 Å². The highest BCUT2D eigenvalue weighted by Gasteiger charge is 2.31. The molecule has 0 radical (unpaired) electrons. The van der Waals surface area contributed by atoms with Crippen LogP contribution in [-0.2, 0) is 9.53 Å². The normalized spacial score (nSPS) is 17.7. The van der Waals surface area contributed by atoms with Gasteiger partial charge in [-0.1, -0.05) is 20.8 Å². The van der Waals surface area contributed by atoms with Crippen LogP contribution >= 0.6 is 0 Å². The van der Waals surface area contributed by atoms with Crippen LogP contribution in [0.5, 0.6) is 0 Å². The monoisotopic (exact) mass is 520 g/mol.